The number of anilines is 1. The van der Waals surface area contributed by atoms with E-state index in [4.69, 9.17) is 0 Å². The second-order valence-corrected chi connectivity index (χ2v) is 6.14. The minimum absolute atomic E-state index is 0.112. The molecule has 0 aromatic carbocycles. The molecule has 2 unspecified atom stereocenters. The van der Waals surface area contributed by atoms with Gasteiger partial charge in [-0.25, -0.2) is 4.98 Å². The van der Waals surface area contributed by atoms with Crippen molar-refractivity contribution < 1.29 is 4.79 Å². The molecule has 2 saturated heterocycles. The van der Waals surface area contributed by atoms with E-state index >= 15 is 0 Å². The summed E-state index contributed by atoms with van der Waals surface area (Å²) in [5.41, 5.74) is 0.762. The number of carbonyl (C=O) groups excluding carboxylic acids is 1. The number of likely N-dealkylation sites (tertiary alicyclic amines) is 1. The third-order valence-corrected chi connectivity index (χ3v) is 4.82. The Kier molecular flexibility index (Phi) is 3.74. The number of nitrogens with zero attached hydrogens (tertiary/aromatic N) is 3. The van der Waals surface area contributed by atoms with E-state index in [1.807, 2.05) is 6.07 Å². The van der Waals surface area contributed by atoms with Crippen LogP contribution in [0.25, 0.3) is 0 Å². The largest absolute Gasteiger partial charge is 0.356 e. The molecule has 0 amide bonds. The molecule has 3 rings (SSSR count). The number of carbonyl (C=O) groups is 1. The predicted octanol–water partition coefficient (Wildman–Crippen LogP) is 2.20. The molecule has 2 fully saturated rings. The van der Waals surface area contributed by atoms with Crippen molar-refractivity contribution in [2.45, 2.75) is 32.2 Å². The van der Waals surface area contributed by atoms with E-state index in [9.17, 15) is 4.79 Å². The fraction of sp³-hybridized carbons (Fsp3) is 0.625. The monoisotopic (exact) mass is 273 g/mol. The Hall–Kier alpha value is -1.42. The van der Waals surface area contributed by atoms with Crippen molar-refractivity contribution in [3.05, 3.63) is 23.9 Å². The van der Waals surface area contributed by atoms with Crippen LogP contribution in [0.4, 0.5) is 5.82 Å². The molecule has 108 valence electrons. The Morgan fingerprint density at radius 3 is 3.00 bits per heavy atom. The van der Waals surface area contributed by atoms with Gasteiger partial charge in [-0.2, -0.15) is 0 Å². The van der Waals surface area contributed by atoms with E-state index in [-0.39, 0.29) is 5.78 Å². The number of hydrogen-bond donors (Lipinski definition) is 0. The van der Waals surface area contributed by atoms with Gasteiger partial charge in [0.05, 0.1) is 0 Å². The Morgan fingerprint density at radius 2 is 2.20 bits per heavy atom. The van der Waals surface area contributed by atoms with Crippen LogP contribution in [-0.2, 0) is 0 Å². The lowest BCUT2D eigenvalue weighted by atomic mass is 9.84. The molecular formula is C16H23N3O. The van der Waals surface area contributed by atoms with Gasteiger partial charge in [-0.05, 0) is 57.8 Å². The fourth-order valence-corrected chi connectivity index (χ4v) is 3.67. The highest BCUT2D eigenvalue weighted by Crippen LogP contribution is 2.31. The molecule has 2 aliphatic heterocycles. The second kappa shape index (κ2) is 5.52. The third kappa shape index (κ3) is 2.57. The molecule has 4 nitrogen and oxygen atoms in total. The first-order chi connectivity index (χ1) is 9.65. The number of piperidine rings is 2. The Labute approximate surface area is 120 Å². The van der Waals surface area contributed by atoms with E-state index in [1.165, 1.54) is 25.8 Å². The summed E-state index contributed by atoms with van der Waals surface area (Å²) in [6.45, 7) is 4.96. The van der Waals surface area contributed by atoms with Gasteiger partial charge in [0.1, 0.15) is 5.82 Å². The zero-order valence-corrected chi connectivity index (χ0v) is 12.4. The number of rotatable bonds is 2. The molecule has 20 heavy (non-hydrogen) atoms. The smallest absolute Gasteiger partial charge is 0.159 e. The van der Waals surface area contributed by atoms with Crippen molar-refractivity contribution in [3.8, 4) is 0 Å². The summed E-state index contributed by atoms with van der Waals surface area (Å²) in [5.74, 6) is 1.82. The molecule has 0 radical (unpaired) electrons. The molecule has 2 atom stereocenters. The van der Waals surface area contributed by atoms with Gasteiger partial charge in [0.2, 0.25) is 0 Å². The standard InChI is InChI=1S/C16H23N3O/c1-12(20)13-5-7-17-16(10-13)19-9-6-15-14(11-19)4-3-8-18(15)2/h5,7,10,14-15H,3-4,6,8-9,11H2,1-2H3. The normalized spacial score (nSPS) is 27.2. The van der Waals surface area contributed by atoms with Crippen LogP contribution < -0.4 is 4.90 Å². The van der Waals surface area contributed by atoms with Crippen molar-refractivity contribution in [1.82, 2.24) is 9.88 Å². The first-order valence-electron chi connectivity index (χ1n) is 7.57. The maximum atomic E-state index is 11.5. The van der Waals surface area contributed by atoms with Crippen LogP contribution in [0.2, 0.25) is 0 Å². The van der Waals surface area contributed by atoms with E-state index in [0.717, 1.165) is 36.4 Å². The van der Waals surface area contributed by atoms with Gasteiger partial charge in [-0.1, -0.05) is 0 Å². The van der Waals surface area contributed by atoms with Gasteiger partial charge in [-0.3, -0.25) is 4.79 Å². The number of Topliss-reactive ketones (excluding diaryl/α,β-unsaturated/α-hetero) is 1. The van der Waals surface area contributed by atoms with Crippen LogP contribution in [0.15, 0.2) is 18.3 Å². The molecule has 2 aliphatic rings. The molecule has 1 aromatic rings. The fourth-order valence-electron chi connectivity index (χ4n) is 3.67. The van der Waals surface area contributed by atoms with Crippen LogP contribution in [0.1, 0.15) is 36.5 Å². The van der Waals surface area contributed by atoms with Crippen LogP contribution in [-0.4, -0.2) is 48.4 Å². The Bertz CT molecular complexity index is 502. The molecule has 0 N–H and O–H groups in total. The van der Waals surface area contributed by atoms with Crippen molar-refractivity contribution in [3.63, 3.8) is 0 Å². The first-order valence-corrected chi connectivity index (χ1v) is 7.57. The van der Waals surface area contributed by atoms with Gasteiger partial charge >= 0.3 is 0 Å². The second-order valence-electron chi connectivity index (χ2n) is 6.14. The number of pyridine rings is 1. The van der Waals surface area contributed by atoms with E-state index in [2.05, 4.69) is 21.8 Å². The van der Waals surface area contributed by atoms with E-state index in [1.54, 1.807) is 19.2 Å². The third-order valence-electron chi connectivity index (χ3n) is 4.82. The van der Waals surface area contributed by atoms with Gasteiger partial charge in [-0.15, -0.1) is 0 Å². The van der Waals surface area contributed by atoms with Crippen molar-refractivity contribution in [2.75, 3.05) is 31.6 Å². The minimum Gasteiger partial charge on any atom is -0.356 e. The number of aromatic nitrogens is 1. The van der Waals surface area contributed by atoms with Crippen LogP contribution in [0.3, 0.4) is 0 Å². The first kappa shape index (κ1) is 13.6. The van der Waals surface area contributed by atoms with Gasteiger partial charge in [0.25, 0.3) is 0 Å². The number of hydrogen-bond acceptors (Lipinski definition) is 4. The highest BCUT2D eigenvalue weighted by molar-refractivity contribution is 5.94. The molecule has 0 bridgehead atoms. The summed E-state index contributed by atoms with van der Waals surface area (Å²) < 4.78 is 0. The topological polar surface area (TPSA) is 36.4 Å². The lowest BCUT2D eigenvalue weighted by molar-refractivity contribution is 0.101. The molecular weight excluding hydrogens is 250 g/mol. The predicted molar refractivity (Wildman–Crippen MR) is 80.2 cm³/mol. The van der Waals surface area contributed by atoms with Crippen molar-refractivity contribution in [2.24, 2.45) is 5.92 Å². The van der Waals surface area contributed by atoms with Crippen LogP contribution >= 0.6 is 0 Å². The molecule has 4 heteroatoms. The lowest BCUT2D eigenvalue weighted by Gasteiger charge is -2.46. The molecule has 3 heterocycles. The molecule has 0 spiro atoms. The highest BCUT2D eigenvalue weighted by Gasteiger charge is 2.34. The number of ketones is 1. The van der Waals surface area contributed by atoms with E-state index < -0.39 is 0 Å². The average molecular weight is 273 g/mol. The zero-order chi connectivity index (χ0) is 14.1. The van der Waals surface area contributed by atoms with Crippen molar-refractivity contribution >= 4 is 11.6 Å². The summed E-state index contributed by atoms with van der Waals surface area (Å²) in [7, 11) is 2.25. The summed E-state index contributed by atoms with van der Waals surface area (Å²) >= 11 is 0. The molecule has 1 aromatic heterocycles. The van der Waals surface area contributed by atoms with Crippen LogP contribution in [0, 0.1) is 5.92 Å². The van der Waals surface area contributed by atoms with E-state index in [0.29, 0.717) is 0 Å². The molecule has 0 aliphatic carbocycles. The summed E-state index contributed by atoms with van der Waals surface area (Å²) in [4.78, 5) is 20.8. The van der Waals surface area contributed by atoms with Crippen molar-refractivity contribution in [1.29, 1.82) is 0 Å². The molecule has 0 saturated carbocycles. The van der Waals surface area contributed by atoms with Gasteiger partial charge in [0.15, 0.2) is 5.78 Å². The Morgan fingerprint density at radius 1 is 1.35 bits per heavy atom. The highest BCUT2D eigenvalue weighted by atomic mass is 16.1. The number of fused-ring (bicyclic) bond motifs is 1. The van der Waals surface area contributed by atoms with Gasteiger partial charge in [0, 0.05) is 30.9 Å². The Balaban J connectivity index is 1.76. The van der Waals surface area contributed by atoms with Gasteiger partial charge < -0.3 is 9.80 Å². The average Bonchev–Trinajstić information content (AvgIpc) is 2.47. The lowest BCUT2D eigenvalue weighted by Crippen LogP contribution is -2.52. The van der Waals surface area contributed by atoms with Crippen LogP contribution in [0.5, 0.6) is 0 Å². The quantitative estimate of drug-likeness (QED) is 0.774. The summed E-state index contributed by atoms with van der Waals surface area (Å²) in [6, 6.07) is 4.47. The summed E-state index contributed by atoms with van der Waals surface area (Å²) in [5, 5.41) is 0. The SMILES string of the molecule is CC(=O)c1ccnc(N2CCC3C(CCCN3C)C2)c1. The maximum absolute atomic E-state index is 11.5. The minimum atomic E-state index is 0.112. The summed E-state index contributed by atoms with van der Waals surface area (Å²) in [6.07, 6.45) is 5.57. The maximum Gasteiger partial charge on any atom is 0.159 e. The zero-order valence-electron chi connectivity index (χ0n) is 12.4.